The normalized spacial score (nSPS) is 29.5. The number of nitrogens with two attached hydrogens (primary N) is 1. The summed E-state index contributed by atoms with van der Waals surface area (Å²) in [5.41, 5.74) is 6.63. The summed E-state index contributed by atoms with van der Waals surface area (Å²) in [5, 5.41) is 0.595. The summed E-state index contributed by atoms with van der Waals surface area (Å²) in [6.45, 7) is 1.48. The van der Waals surface area contributed by atoms with Crippen LogP contribution in [0.15, 0.2) is 24.3 Å². The molecule has 17 heavy (non-hydrogen) atoms. The molecule has 2 fully saturated rings. The lowest BCUT2D eigenvalue weighted by Crippen LogP contribution is -2.36. The molecule has 3 nitrogen and oxygen atoms in total. The van der Waals surface area contributed by atoms with Crippen LogP contribution in [0.5, 0.6) is 0 Å². The van der Waals surface area contributed by atoms with E-state index >= 15 is 0 Å². The van der Waals surface area contributed by atoms with Crippen LogP contribution < -0.4 is 5.73 Å². The molecule has 0 bridgehead atoms. The Balaban J connectivity index is 0.00000108. The molecular weight excluding hydrogens is 259 g/mol. The average molecular weight is 273 g/mol. The van der Waals surface area contributed by atoms with E-state index in [4.69, 9.17) is 17.3 Å². The molecule has 0 aromatic heterocycles. The highest BCUT2D eigenvalue weighted by Crippen LogP contribution is 2.47. The van der Waals surface area contributed by atoms with Gasteiger partial charge in [0, 0.05) is 29.2 Å². The fourth-order valence-electron chi connectivity index (χ4n) is 2.48. The maximum absolute atomic E-state index is 12.1. The second-order valence-electron chi connectivity index (χ2n) is 4.83. The van der Waals surface area contributed by atoms with Crippen molar-refractivity contribution >= 4 is 29.9 Å². The summed E-state index contributed by atoms with van der Waals surface area (Å²) in [6, 6.07) is 7.06. The Morgan fingerprint density at radius 1 is 1.53 bits per heavy atom. The van der Waals surface area contributed by atoms with Crippen molar-refractivity contribution in [3.05, 3.63) is 34.9 Å². The van der Waals surface area contributed by atoms with Gasteiger partial charge >= 0.3 is 0 Å². The van der Waals surface area contributed by atoms with E-state index in [1.807, 2.05) is 4.90 Å². The van der Waals surface area contributed by atoms with Gasteiger partial charge in [-0.1, -0.05) is 17.7 Å². The Labute approximate surface area is 111 Å². The van der Waals surface area contributed by atoms with Crippen LogP contribution >= 0.6 is 24.0 Å². The van der Waals surface area contributed by atoms with Crippen LogP contribution in [0, 0.1) is 5.92 Å². The number of piperidine rings is 1. The molecular formula is C12H14Cl2N2O. The maximum Gasteiger partial charge on any atom is 0.253 e. The molecule has 2 unspecified atom stereocenters. The van der Waals surface area contributed by atoms with Gasteiger partial charge in [0.2, 0.25) is 0 Å². The molecule has 1 aromatic rings. The number of halogens is 2. The number of hydrogen-bond acceptors (Lipinski definition) is 2. The molecule has 0 radical (unpaired) electrons. The Morgan fingerprint density at radius 3 is 2.88 bits per heavy atom. The first-order valence-electron chi connectivity index (χ1n) is 5.42. The van der Waals surface area contributed by atoms with Gasteiger partial charge in [0.25, 0.3) is 5.91 Å². The van der Waals surface area contributed by atoms with Crippen LogP contribution in [0.1, 0.15) is 16.8 Å². The first kappa shape index (κ1) is 12.7. The number of hydrogen-bond donors (Lipinski definition) is 1. The van der Waals surface area contributed by atoms with Crippen molar-refractivity contribution in [2.24, 2.45) is 11.7 Å². The second kappa shape index (κ2) is 4.16. The Morgan fingerprint density at radius 2 is 2.29 bits per heavy atom. The minimum atomic E-state index is -0.0891. The van der Waals surface area contributed by atoms with Gasteiger partial charge in [-0.2, -0.15) is 0 Å². The van der Waals surface area contributed by atoms with Gasteiger partial charge in [0.05, 0.1) is 0 Å². The van der Waals surface area contributed by atoms with Gasteiger partial charge < -0.3 is 10.6 Å². The zero-order valence-electron chi connectivity index (χ0n) is 9.23. The van der Waals surface area contributed by atoms with Crippen molar-refractivity contribution < 1.29 is 4.79 Å². The van der Waals surface area contributed by atoms with Gasteiger partial charge in [-0.15, -0.1) is 12.4 Å². The summed E-state index contributed by atoms with van der Waals surface area (Å²) in [6.07, 6.45) is 1.06. The summed E-state index contributed by atoms with van der Waals surface area (Å²) < 4.78 is 0. The molecule has 1 aromatic carbocycles. The number of rotatable bonds is 1. The van der Waals surface area contributed by atoms with Crippen LogP contribution in [0.25, 0.3) is 0 Å². The zero-order valence-corrected chi connectivity index (χ0v) is 10.8. The summed E-state index contributed by atoms with van der Waals surface area (Å²) in [5.74, 6) is 0.551. The molecule has 2 N–H and O–H groups in total. The van der Waals surface area contributed by atoms with Crippen molar-refractivity contribution in [3.63, 3.8) is 0 Å². The summed E-state index contributed by atoms with van der Waals surface area (Å²) in [7, 11) is 0. The van der Waals surface area contributed by atoms with E-state index in [2.05, 4.69) is 0 Å². The highest BCUT2D eigenvalue weighted by atomic mass is 35.5. The molecule has 1 amide bonds. The van der Waals surface area contributed by atoms with Crippen LogP contribution in [0.2, 0.25) is 5.02 Å². The maximum atomic E-state index is 12.1. The molecule has 92 valence electrons. The molecule has 3 rings (SSSR count). The predicted molar refractivity (Wildman–Crippen MR) is 69.6 cm³/mol. The van der Waals surface area contributed by atoms with Gasteiger partial charge in [-0.05, 0) is 30.5 Å². The quantitative estimate of drug-likeness (QED) is 0.850. The molecule has 1 aliphatic carbocycles. The third-order valence-electron chi connectivity index (χ3n) is 3.56. The molecule has 1 saturated heterocycles. The standard InChI is InChI=1S/C12H13ClN2O.ClH/c13-10-3-1-2-8(4-10)11(16)15-6-9-5-12(9,14)7-15;/h1-4,9H,5-7,14H2;1H. The zero-order chi connectivity index (χ0) is 11.3. The van der Waals surface area contributed by atoms with Crippen LogP contribution in [-0.4, -0.2) is 29.4 Å². The average Bonchev–Trinajstić information content (AvgIpc) is 2.76. The smallest absolute Gasteiger partial charge is 0.253 e. The number of fused-ring (bicyclic) bond motifs is 1. The van der Waals surface area contributed by atoms with E-state index in [1.54, 1.807) is 24.3 Å². The topological polar surface area (TPSA) is 46.3 Å². The number of carbonyl (C=O) groups is 1. The van der Waals surface area contributed by atoms with Crippen molar-refractivity contribution in [1.29, 1.82) is 0 Å². The minimum absolute atomic E-state index is 0. The highest BCUT2D eigenvalue weighted by Gasteiger charge is 2.58. The minimum Gasteiger partial charge on any atom is -0.336 e. The number of carbonyl (C=O) groups excluding carboxylic acids is 1. The van der Waals surface area contributed by atoms with E-state index in [0.29, 0.717) is 23.0 Å². The third kappa shape index (κ3) is 2.15. The fraction of sp³-hybridized carbons (Fsp3) is 0.417. The van der Waals surface area contributed by atoms with Crippen LogP contribution in [-0.2, 0) is 0 Å². The molecule has 1 saturated carbocycles. The second-order valence-corrected chi connectivity index (χ2v) is 5.27. The number of nitrogens with zero attached hydrogens (tertiary/aromatic N) is 1. The Hall–Kier alpha value is -0.770. The molecule has 2 aliphatic rings. The molecule has 0 spiro atoms. The van der Waals surface area contributed by atoms with Gasteiger partial charge in [-0.25, -0.2) is 0 Å². The van der Waals surface area contributed by atoms with Crippen molar-refractivity contribution in [3.8, 4) is 0 Å². The van der Waals surface area contributed by atoms with E-state index in [9.17, 15) is 4.79 Å². The third-order valence-corrected chi connectivity index (χ3v) is 3.80. The summed E-state index contributed by atoms with van der Waals surface area (Å²) in [4.78, 5) is 14.0. The Bertz CT molecular complexity index is 466. The number of likely N-dealkylation sites (tertiary alicyclic amines) is 1. The SMILES string of the molecule is Cl.NC12CC1CN(C(=O)c1cccc(Cl)c1)C2. The van der Waals surface area contributed by atoms with E-state index in [1.165, 1.54) is 0 Å². The van der Waals surface area contributed by atoms with Gasteiger partial charge in [0.1, 0.15) is 0 Å². The van der Waals surface area contributed by atoms with Gasteiger partial charge in [0.15, 0.2) is 0 Å². The van der Waals surface area contributed by atoms with Crippen LogP contribution in [0.3, 0.4) is 0 Å². The number of amides is 1. The first-order valence-corrected chi connectivity index (χ1v) is 5.80. The van der Waals surface area contributed by atoms with Gasteiger partial charge in [-0.3, -0.25) is 4.79 Å². The van der Waals surface area contributed by atoms with Crippen molar-refractivity contribution in [2.45, 2.75) is 12.0 Å². The predicted octanol–water partition coefficient (Wildman–Crippen LogP) is 1.94. The lowest BCUT2D eigenvalue weighted by atomic mass is 10.2. The molecule has 2 atom stereocenters. The molecule has 5 heteroatoms. The highest BCUT2D eigenvalue weighted by molar-refractivity contribution is 6.30. The van der Waals surface area contributed by atoms with Crippen LogP contribution in [0.4, 0.5) is 0 Å². The van der Waals surface area contributed by atoms with Crippen molar-refractivity contribution in [2.75, 3.05) is 13.1 Å². The molecule has 1 aliphatic heterocycles. The van der Waals surface area contributed by atoms with E-state index in [-0.39, 0.29) is 23.9 Å². The van der Waals surface area contributed by atoms with E-state index < -0.39 is 0 Å². The first-order chi connectivity index (χ1) is 7.58. The molecule has 1 heterocycles. The largest absolute Gasteiger partial charge is 0.336 e. The lowest BCUT2D eigenvalue weighted by Gasteiger charge is -2.19. The van der Waals surface area contributed by atoms with E-state index in [0.717, 1.165) is 13.0 Å². The monoisotopic (exact) mass is 272 g/mol. The Kier molecular flexibility index (Phi) is 3.10. The van der Waals surface area contributed by atoms with Crippen molar-refractivity contribution in [1.82, 2.24) is 4.90 Å². The summed E-state index contributed by atoms with van der Waals surface area (Å²) >= 11 is 5.86. The fourth-order valence-corrected chi connectivity index (χ4v) is 2.67. The lowest BCUT2D eigenvalue weighted by molar-refractivity contribution is 0.0772. The number of benzene rings is 1.